The molecule has 4 heteroatoms. The summed E-state index contributed by atoms with van der Waals surface area (Å²) in [6, 6.07) is 0. The van der Waals surface area contributed by atoms with Gasteiger partial charge in [-0.3, -0.25) is 0 Å². The summed E-state index contributed by atoms with van der Waals surface area (Å²) in [5, 5.41) is 0. The van der Waals surface area contributed by atoms with Gasteiger partial charge in [-0.2, -0.15) is 0 Å². The molecule has 2 atom stereocenters. The van der Waals surface area contributed by atoms with Crippen LogP contribution in [0.3, 0.4) is 0 Å². The molecule has 0 saturated carbocycles. The van der Waals surface area contributed by atoms with Gasteiger partial charge in [0.2, 0.25) is 0 Å². The minimum Gasteiger partial charge on any atom is -0.402 e. The van der Waals surface area contributed by atoms with E-state index in [1.807, 2.05) is 6.33 Å². The van der Waals surface area contributed by atoms with Gasteiger partial charge in [-0.05, 0) is 75.7 Å². The first-order valence-corrected chi connectivity index (χ1v) is 15.6. The molecule has 5 rings (SSSR count). The summed E-state index contributed by atoms with van der Waals surface area (Å²) >= 11 is 3.56. The summed E-state index contributed by atoms with van der Waals surface area (Å²) in [5.74, 6) is 0. The standard InChI is InChI=1S/C34H44BrN3/c1-4-5-6-7-8-9-10-11-12-13-14-25-21-30(38-23-31(35)37-24-38)33(2)20-19-29-28(32(25)33)18-16-26-15-17-27(36)22-34(26,29)3/h15-21,23-24H,4-14,22,36H2,1-3H3/t33-,34-/m1/s1. The zero-order chi connectivity index (χ0) is 26.8. The zero-order valence-corrected chi connectivity index (χ0v) is 25.1. The number of nitrogens with two attached hydrogens (primary N) is 1. The van der Waals surface area contributed by atoms with Crippen LogP contribution in [0.2, 0.25) is 0 Å². The number of hydrogen-bond donors (Lipinski definition) is 1. The number of halogens is 1. The van der Waals surface area contributed by atoms with Gasteiger partial charge < -0.3 is 10.3 Å². The Morgan fingerprint density at radius 3 is 2.34 bits per heavy atom. The molecule has 1 heterocycles. The van der Waals surface area contributed by atoms with Gasteiger partial charge in [-0.1, -0.05) is 102 Å². The molecule has 0 aromatic carbocycles. The molecule has 0 spiro atoms. The maximum Gasteiger partial charge on any atom is 0.124 e. The number of aromatic nitrogens is 2. The maximum atomic E-state index is 6.36. The van der Waals surface area contributed by atoms with Gasteiger partial charge in [0.15, 0.2) is 0 Å². The highest BCUT2D eigenvalue weighted by atomic mass is 79.9. The van der Waals surface area contributed by atoms with Crippen molar-refractivity contribution >= 4 is 21.6 Å². The summed E-state index contributed by atoms with van der Waals surface area (Å²) in [4.78, 5) is 4.48. The lowest BCUT2D eigenvalue weighted by molar-refractivity contribution is 0.473. The van der Waals surface area contributed by atoms with Crippen LogP contribution in [0.1, 0.15) is 97.8 Å². The van der Waals surface area contributed by atoms with Gasteiger partial charge in [0, 0.05) is 29.4 Å². The van der Waals surface area contributed by atoms with Gasteiger partial charge in [0.1, 0.15) is 10.9 Å². The zero-order valence-electron chi connectivity index (χ0n) is 23.5. The molecule has 0 unspecified atom stereocenters. The molecular weight excluding hydrogens is 530 g/mol. The largest absolute Gasteiger partial charge is 0.402 e. The Morgan fingerprint density at radius 2 is 1.66 bits per heavy atom. The van der Waals surface area contributed by atoms with Crippen LogP contribution >= 0.6 is 15.9 Å². The summed E-state index contributed by atoms with van der Waals surface area (Å²) in [6.45, 7) is 7.03. The molecular formula is C34H44BrN3. The number of unbranched alkanes of at least 4 members (excludes halogenated alkanes) is 9. The fourth-order valence-corrected chi connectivity index (χ4v) is 7.30. The van der Waals surface area contributed by atoms with Gasteiger partial charge in [0.25, 0.3) is 0 Å². The van der Waals surface area contributed by atoms with Crippen molar-refractivity contribution in [1.29, 1.82) is 0 Å². The fourth-order valence-electron chi connectivity index (χ4n) is 6.99. The normalized spacial score (nSPS) is 25.7. The third-order valence-corrected chi connectivity index (χ3v) is 9.56. The Bertz CT molecular complexity index is 1280. The van der Waals surface area contributed by atoms with Crippen molar-refractivity contribution in [2.75, 3.05) is 0 Å². The Balaban J connectivity index is 1.36. The van der Waals surface area contributed by atoms with E-state index in [0.717, 1.165) is 23.1 Å². The minimum atomic E-state index is -0.176. The first kappa shape index (κ1) is 27.2. The molecule has 0 bridgehead atoms. The van der Waals surface area contributed by atoms with Crippen LogP contribution in [0.15, 0.2) is 93.2 Å². The highest BCUT2D eigenvalue weighted by molar-refractivity contribution is 9.10. The molecule has 0 radical (unpaired) electrons. The predicted molar refractivity (Wildman–Crippen MR) is 164 cm³/mol. The van der Waals surface area contributed by atoms with E-state index in [2.05, 4.69) is 95.0 Å². The predicted octanol–water partition coefficient (Wildman–Crippen LogP) is 9.73. The molecule has 0 amide bonds. The Labute approximate surface area is 238 Å². The monoisotopic (exact) mass is 573 g/mol. The van der Waals surface area contributed by atoms with Crippen LogP contribution in [-0.4, -0.2) is 9.55 Å². The number of hydrogen-bond acceptors (Lipinski definition) is 2. The average molecular weight is 575 g/mol. The Hall–Kier alpha value is -2.33. The Morgan fingerprint density at radius 1 is 0.947 bits per heavy atom. The molecule has 0 fully saturated rings. The summed E-state index contributed by atoms with van der Waals surface area (Å²) in [7, 11) is 0. The topological polar surface area (TPSA) is 43.8 Å². The van der Waals surface area contributed by atoms with Crippen molar-refractivity contribution in [1.82, 2.24) is 9.55 Å². The first-order chi connectivity index (χ1) is 18.4. The van der Waals surface area contributed by atoms with Crippen LogP contribution in [0.25, 0.3) is 5.70 Å². The smallest absolute Gasteiger partial charge is 0.124 e. The van der Waals surface area contributed by atoms with E-state index in [9.17, 15) is 0 Å². The van der Waals surface area contributed by atoms with E-state index >= 15 is 0 Å². The molecule has 4 aliphatic rings. The van der Waals surface area contributed by atoms with E-state index in [1.165, 1.54) is 97.8 Å². The van der Waals surface area contributed by atoms with E-state index < -0.39 is 0 Å². The van der Waals surface area contributed by atoms with Gasteiger partial charge >= 0.3 is 0 Å². The summed E-state index contributed by atoms with van der Waals surface area (Å²) in [5.41, 5.74) is 15.5. The van der Waals surface area contributed by atoms with Crippen molar-refractivity contribution in [2.24, 2.45) is 16.6 Å². The van der Waals surface area contributed by atoms with Crippen LogP contribution in [0.4, 0.5) is 0 Å². The van der Waals surface area contributed by atoms with Crippen molar-refractivity contribution in [3.05, 3.63) is 93.2 Å². The lowest BCUT2D eigenvalue weighted by Gasteiger charge is -2.43. The number of nitrogens with zero attached hydrogens (tertiary/aromatic N) is 2. The number of imidazole rings is 1. The van der Waals surface area contributed by atoms with Gasteiger partial charge in [-0.25, -0.2) is 4.98 Å². The maximum absolute atomic E-state index is 6.36. The second kappa shape index (κ2) is 11.4. The number of rotatable bonds is 12. The quantitative estimate of drug-likeness (QED) is 0.253. The lowest BCUT2D eigenvalue weighted by Crippen LogP contribution is -2.33. The highest BCUT2D eigenvalue weighted by Gasteiger charge is 2.46. The second-order valence-electron chi connectivity index (χ2n) is 12.0. The average Bonchev–Trinajstić information content (AvgIpc) is 3.44. The minimum absolute atomic E-state index is 0.0726. The van der Waals surface area contributed by atoms with Crippen LogP contribution < -0.4 is 5.73 Å². The SMILES string of the molecule is CCCCCCCCCCCCC1=C2C3=C(C=C[C@]2(C)C(n2cnc(Br)c2)=C1)[C@]1(C)CC(N)=CC=C1C=C3. The first-order valence-electron chi connectivity index (χ1n) is 14.8. The molecule has 0 saturated heterocycles. The van der Waals surface area contributed by atoms with Crippen LogP contribution in [0.5, 0.6) is 0 Å². The summed E-state index contributed by atoms with van der Waals surface area (Å²) in [6.07, 6.45) is 35.9. The Kier molecular flexibility index (Phi) is 8.19. The second-order valence-corrected chi connectivity index (χ2v) is 12.8. The molecule has 3 nitrogen and oxygen atoms in total. The molecule has 4 aliphatic carbocycles. The van der Waals surface area contributed by atoms with Crippen molar-refractivity contribution in [3.63, 3.8) is 0 Å². The molecule has 38 heavy (non-hydrogen) atoms. The van der Waals surface area contributed by atoms with E-state index in [1.54, 1.807) is 0 Å². The van der Waals surface area contributed by atoms with Crippen molar-refractivity contribution < 1.29 is 0 Å². The van der Waals surface area contributed by atoms with Gasteiger partial charge in [0.05, 0.1) is 5.41 Å². The molecule has 202 valence electrons. The highest BCUT2D eigenvalue weighted by Crippen LogP contribution is 2.59. The number of fused-ring (bicyclic) bond motifs is 4. The molecule has 1 aromatic heterocycles. The fraction of sp³-hybridized carbons (Fsp3) is 0.500. The van der Waals surface area contributed by atoms with Gasteiger partial charge in [-0.15, -0.1) is 0 Å². The lowest BCUT2D eigenvalue weighted by atomic mass is 9.60. The van der Waals surface area contributed by atoms with E-state index in [0.29, 0.717) is 0 Å². The molecule has 2 N–H and O–H groups in total. The van der Waals surface area contributed by atoms with Crippen LogP contribution in [-0.2, 0) is 0 Å². The molecule has 0 aliphatic heterocycles. The third kappa shape index (κ3) is 5.13. The molecule has 1 aromatic rings. The van der Waals surface area contributed by atoms with E-state index in [-0.39, 0.29) is 10.8 Å². The third-order valence-electron chi connectivity index (χ3n) is 9.15. The van der Waals surface area contributed by atoms with E-state index in [4.69, 9.17) is 5.73 Å². The van der Waals surface area contributed by atoms with Crippen LogP contribution in [0, 0.1) is 10.8 Å². The van der Waals surface area contributed by atoms with Crippen molar-refractivity contribution in [2.45, 2.75) is 97.8 Å². The van der Waals surface area contributed by atoms with Crippen molar-refractivity contribution in [3.8, 4) is 0 Å². The summed E-state index contributed by atoms with van der Waals surface area (Å²) < 4.78 is 3.07. The number of allylic oxidation sites excluding steroid dienone is 14.